The molecule has 2 saturated heterocycles. The number of piperazine rings is 1. The third-order valence-electron chi connectivity index (χ3n) is 8.51. The summed E-state index contributed by atoms with van der Waals surface area (Å²) in [6.07, 6.45) is 1.41. The average molecular weight is 542 g/mol. The third-order valence-corrected chi connectivity index (χ3v) is 8.51. The molecule has 6 rings (SSSR count). The van der Waals surface area contributed by atoms with Gasteiger partial charge in [-0.1, -0.05) is 42.5 Å². The molecule has 2 atom stereocenters. The van der Waals surface area contributed by atoms with Gasteiger partial charge in [0, 0.05) is 50.9 Å². The number of rotatable bonds is 7. The van der Waals surface area contributed by atoms with Crippen LogP contribution in [0.15, 0.2) is 42.5 Å². The Morgan fingerprint density at radius 2 is 1.95 bits per heavy atom. The summed E-state index contributed by atoms with van der Waals surface area (Å²) in [7, 11) is 2.12. The standard InChI is InChI=1S/C30H35N7O3/c1-34-13-5-9-24(34)20-40-29-32-27-19-35(16-22-8-4-7-21-6-2-3-10-25(21)22)18-26(27)28(33-29)36-14-15-37(30(38)39)23(17-36)11-12-31/h2-4,6-8,10,23-24H,5,9,11,13-20H2,1H3,(H,38,39)/t23-,24-/m0/s1. The molecule has 4 heterocycles. The summed E-state index contributed by atoms with van der Waals surface area (Å²) in [5.41, 5.74) is 3.29. The molecule has 3 aliphatic rings. The number of nitriles is 1. The van der Waals surface area contributed by atoms with E-state index in [1.807, 2.05) is 0 Å². The number of anilines is 1. The molecule has 0 unspecified atom stereocenters. The fourth-order valence-corrected chi connectivity index (χ4v) is 6.33. The molecule has 0 saturated carbocycles. The van der Waals surface area contributed by atoms with Crippen LogP contribution in [0, 0.1) is 11.3 Å². The van der Waals surface area contributed by atoms with Gasteiger partial charge < -0.3 is 24.5 Å². The largest absolute Gasteiger partial charge is 0.465 e. The number of likely N-dealkylation sites (tertiary alicyclic amines) is 1. The molecule has 10 heteroatoms. The maximum Gasteiger partial charge on any atom is 0.407 e. The summed E-state index contributed by atoms with van der Waals surface area (Å²) in [4.78, 5) is 29.8. The molecule has 0 bridgehead atoms. The monoisotopic (exact) mass is 541 g/mol. The minimum Gasteiger partial charge on any atom is -0.465 e. The average Bonchev–Trinajstić information content (AvgIpc) is 3.56. The molecule has 10 nitrogen and oxygen atoms in total. The van der Waals surface area contributed by atoms with Crippen LogP contribution in [-0.2, 0) is 19.6 Å². The zero-order chi connectivity index (χ0) is 27.6. The first-order valence-electron chi connectivity index (χ1n) is 14.0. The van der Waals surface area contributed by atoms with E-state index in [2.05, 4.69) is 70.3 Å². The van der Waals surface area contributed by atoms with Crippen LogP contribution in [0.1, 0.15) is 36.1 Å². The summed E-state index contributed by atoms with van der Waals surface area (Å²) in [5, 5.41) is 21.5. The van der Waals surface area contributed by atoms with Gasteiger partial charge in [0.15, 0.2) is 0 Å². The number of hydrogen-bond acceptors (Lipinski definition) is 8. The molecule has 1 amide bonds. The van der Waals surface area contributed by atoms with E-state index in [0.717, 1.165) is 43.0 Å². The summed E-state index contributed by atoms with van der Waals surface area (Å²) in [6.45, 7) is 5.02. The summed E-state index contributed by atoms with van der Waals surface area (Å²) < 4.78 is 6.20. The number of likely N-dealkylation sites (N-methyl/N-ethyl adjacent to an activating group) is 1. The smallest absolute Gasteiger partial charge is 0.407 e. The highest BCUT2D eigenvalue weighted by atomic mass is 16.5. The van der Waals surface area contributed by atoms with Gasteiger partial charge in [0.2, 0.25) is 0 Å². The number of fused-ring (bicyclic) bond motifs is 2. The van der Waals surface area contributed by atoms with Crippen molar-refractivity contribution in [3.8, 4) is 12.1 Å². The quantitative estimate of drug-likeness (QED) is 0.479. The number of hydrogen-bond donors (Lipinski definition) is 1. The number of benzene rings is 2. The third kappa shape index (κ3) is 5.27. The van der Waals surface area contributed by atoms with E-state index in [1.165, 1.54) is 21.2 Å². The molecule has 0 radical (unpaired) electrons. The summed E-state index contributed by atoms with van der Waals surface area (Å²) >= 11 is 0. The van der Waals surface area contributed by atoms with Crippen LogP contribution in [0.3, 0.4) is 0 Å². The van der Waals surface area contributed by atoms with Gasteiger partial charge in [0.1, 0.15) is 12.4 Å². The van der Waals surface area contributed by atoms with E-state index in [9.17, 15) is 15.2 Å². The van der Waals surface area contributed by atoms with Crippen LogP contribution < -0.4 is 9.64 Å². The molecule has 40 heavy (non-hydrogen) atoms. The number of ether oxygens (including phenoxy) is 1. The predicted molar refractivity (Wildman–Crippen MR) is 151 cm³/mol. The first-order chi connectivity index (χ1) is 19.5. The Bertz CT molecular complexity index is 1440. The fraction of sp³-hybridized carbons (Fsp3) is 0.467. The minimum absolute atomic E-state index is 0.140. The lowest BCUT2D eigenvalue weighted by Crippen LogP contribution is -2.55. The highest BCUT2D eigenvalue weighted by Gasteiger charge is 2.35. The van der Waals surface area contributed by atoms with Crippen molar-refractivity contribution in [1.29, 1.82) is 5.26 Å². The van der Waals surface area contributed by atoms with E-state index >= 15 is 0 Å². The van der Waals surface area contributed by atoms with Crippen LogP contribution in [0.25, 0.3) is 10.8 Å². The van der Waals surface area contributed by atoms with Crippen molar-refractivity contribution < 1.29 is 14.6 Å². The number of carbonyl (C=O) groups is 1. The van der Waals surface area contributed by atoms with Crippen LogP contribution in [0.4, 0.5) is 10.6 Å². The van der Waals surface area contributed by atoms with Gasteiger partial charge in [-0.15, -0.1) is 0 Å². The Hall–Kier alpha value is -3.94. The predicted octanol–water partition coefficient (Wildman–Crippen LogP) is 3.70. The van der Waals surface area contributed by atoms with E-state index in [1.54, 1.807) is 0 Å². The van der Waals surface area contributed by atoms with E-state index in [-0.39, 0.29) is 6.42 Å². The Morgan fingerprint density at radius 3 is 2.75 bits per heavy atom. The van der Waals surface area contributed by atoms with Crippen molar-refractivity contribution in [3.05, 3.63) is 59.3 Å². The van der Waals surface area contributed by atoms with Crippen molar-refractivity contribution in [3.63, 3.8) is 0 Å². The van der Waals surface area contributed by atoms with E-state index in [0.29, 0.717) is 51.4 Å². The second kappa shape index (κ2) is 11.3. The second-order valence-corrected chi connectivity index (χ2v) is 11.1. The van der Waals surface area contributed by atoms with Crippen molar-refractivity contribution >= 4 is 22.7 Å². The van der Waals surface area contributed by atoms with Crippen molar-refractivity contribution in [2.45, 2.75) is 51.0 Å². The molecule has 0 aliphatic carbocycles. The van der Waals surface area contributed by atoms with Crippen LogP contribution in [0.5, 0.6) is 6.01 Å². The van der Waals surface area contributed by atoms with Crippen molar-refractivity contribution in [2.75, 3.05) is 44.7 Å². The molecule has 1 N–H and O–H groups in total. The molecule has 208 valence electrons. The Labute approximate surface area is 234 Å². The highest BCUT2D eigenvalue weighted by molar-refractivity contribution is 5.85. The van der Waals surface area contributed by atoms with E-state index < -0.39 is 12.1 Å². The van der Waals surface area contributed by atoms with Crippen LogP contribution in [-0.4, -0.2) is 87.8 Å². The van der Waals surface area contributed by atoms with Gasteiger partial charge in [0.05, 0.1) is 24.2 Å². The molecule has 3 aliphatic heterocycles. The fourth-order valence-electron chi connectivity index (χ4n) is 6.33. The Balaban J connectivity index is 1.28. The molecule has 3 aromatic rings. The zero-order valence-corrected chi connectivity index (χ0v) is 22.9. The highest BCUT2D eigenvalue weighted by Crippen LogP contribution is 2.34. The molecule has 1 aromatic heterocycles. The topological polar surface area (TPSA) is 109 Å². The normalized spacial score (nSPS) is 21.5. The number of amides is 1. The lowest BCUT2D eigenvalue weighted by Gasteiger charge is -2.40. The van der Waals surface area contributed by atoms with Crippen LogP contribution in [0.2, 0.25) is 0 Å². The molecule has 0 spiro atoms. The maximum atomic E-state index is 11.8. The molecular formula is C30H35N7O3. The van der Waals surface area contributed by atoms with Crippen molar-refractivity contribution in [1.82, 2.24) is 24.7 Å². The van der Waals surface area contributed by atoms with Crippen LogP contribution >= 0.6 is 0 Å². The first-order valence-corrected chi connectivity index (χ1v) is 14.0. The molecule has 2 fully saturated rings. The molecule has 2 aromatic carbocycles. The van der Waals surface area contributed by atoms with Gasteiger partial charge >= 0.3 is 12.1 Å². The summed E-state index contributed by atoms with van der Waals surface area (Å²) in [6, 6.07) is 17.4. The van der Waals surface area contributed by atoms with Gasteiger partial charge in [-0.05, 0) is 42.8 Å². The SMILES string of the molecule is CN1CCC[C@H]1COc1nc2c(c(N3CCN(C(=O)O)[C@@H](CC#N)C3)n1)CN(Cc1cccc3ccccc13)C2. The number of nitrogens with zero attached hydrogens (tertiary/aromatic N) is 7. The Kier molecular flexibility index (Phi) is 7.41. The lowest BCUT2D eigenvalue weighted by atomic mass is 10.0. The maximum absolute atomic E-state index is 11.8. The van der Waals surface area contributed by atoms with Crippen molar-refractivity contribution in [2.24, 2.45) is 0 Å². The minimum atomic E-state index is -0.987. The number of carboxylic acid groups (broad SMARTS) is 1. The van der Waals surface area contributed by atoms with Gasteiger partial charge in [0.25, 0.3) is 0 Å². The zero-order valence-electron chi connectivity index (χ0n) is 22.9. The Morgan fingerprint density at radius 1 is 1.10 bits per heavy atom. The summed E-state index contributed by atoms with van der Waals surface area (Å²) in [5.74, 6) is 0.799. The van der Waals surface area contributed by atoms with Gasteiger partial charge in [-0.3, -0.25) is 4.90 Å². The first kappa shape index (κ1) is 26.3. The van der Waals surface area contributed by atoms with E-state index in [4.69, 9.17) is 14.7 Å². The van der Waals surface area contributed by atoms with Gasteiger partial charge in [-0.25, -0.2) is 4.79 Å². The van der Waals surface area contributed by atoms with Gasteiger partial charge in [-0.2, -0.15) is 15.2 Å². The second-order valence-electron chi connectivity index (χ2n) is 11.1. The number of aromatic nitrogens is 2. The lowest BCUT2D eigenvalue weighted by molar-refractivity contribution is 0.119. The molecular weight excluding hydrogens is 506 g/mol.